The molecule has 0 fully saturated rings. The zero-order valence-corrected chi connectivity index (χ0v) is 12.5. The van der Waals surface area contributed by atoms with Crippen molar-refractivity contribution >= 4 is 28.8 Å². The first kappa shape index (κ1) is 14.7. The van der Waals surface area contributed by atoms with Crippen molar-refractivity contribution in [3.05, 3.63) is 50.7 Å². The first-order valence-corrected chi connectivity index (χ1v) is 7.31. The van der Waals surface area contributed by atoms with Crippen LogP contribution in [0.3, 0.4) is 0 Å². The van der Waals surface area contributed by atoms with Crippen LogP contribution in [0.5, 0.6) is 5.75 Å². The molecule has 1 aromatic carbocycles. The molecular weight excluding hydrogens is 296 g/mol. The topological polar surface area (TPSA) is 67.8 Å². The monoisotopic (exact) mass is 310 g/mol. The Kier molecular flexibility index (Phi) is 4.87. The second kappa shape index (κ2) is 6.63. The van der Waals surface area contributed by atoms with Crippen molar-refractivity contribution in [3.63, 3.8) is 0 Å². The van der Waals surface area contributed by atoms with Crippen LogP contribution >= 0.6 is 22.9 Å². The van der Waals surface area contributed by atoms with Crippen LogP contribution in [0.2, 0.25) is 5.02 Å². The standard InChI is InChI=1S/C14H15ClN2O2S/c1-2-10-4-5-11(20-10)8-19-9-3-6-12(13(15)7-9)14(16)17-18/h3-7,18H,2,8H2,1H3,(H2,16,17). The molecule has 3 N–H and O–H groups in total. The van der Waals surface area contributed by atoms with Gasteiger partial charge in [0.25, 0.3) is 0 Å². The number of hydrogen-bond donors (Lipinski definition) is 2. The van der Waals surface area contributed by atoms with Crippen molar-refractivity contribution in [1.82, 2.24) is 0 Å². The third-order valence-corrected chi connectivity index (χ3v) is 4.29. The van der Waals surface area contributed by atoms with Gasteiger partial charge in [-0.3, -0.25) is 0 Å². The van der Waals surface area contributed by atoms with E-state index in [1.165, 1.54) is 9.75 Å². The molecule has 106 valence electrons. The average Bonchev–Trinajstić information content (AvgIpc) is 2.92. The zero-order chi connectivity index (χ0) is 14.5. The van der Waals surface area contributed by atoms with Crippen LogP contribution in [-0.4, -0.2) is 11.0 Å². The van der Waals surface area contributed by atoms with Gasteiger partial charge in [-0.15, -0.1) is 11.3 Å². The van der Waals surface area contributed by atoms with E-state index in [9.17, 15) is 0 Å². The third kappa shape index (κ3) is 3.43. The van der Waals surface area contributed by atoms with Gasteiger partial charge in [-0.25, -0.2) is 0 Å². The first-order chi connectivity index (χ1) is 9.63. The van der Waals surface area contributed by atoms with Crippen molar-refractivity contribution < 1.29 is 9.94 Å². The summed E-state index contributed by atoms with van der Waals surface area (Å²) in [5.74, 6) is 0.628. The minimum atomic E-state index is -0.0209. The third-order valence-electron chi connectivity index (χ3n) is 2.77. The number of thiophene rings is 1. The van der Waals surface area contributed by atoms with E-state index in [4.69, 9.17) is 27.3 Å². The molecule has 0 aliphatic carbocycles. The Hall–Kier alpha value is -1.72. The van der Waals surface area contributed by atoms with Gasteiger partial charge < -0.3 is 15.7 Å². The Morgan fingerprint density at radius 3 is 2.70 bits per heavy atom. The Morgan fingerprint density at radius 2 is 2.10 bits per heavy atom. The van der Waals surface area contributed by atoms with E-state index in [1.807, 2.05) is 0 Å². The van der Waals surface area contributed by atoms with E-state index < -0.39 is 0 Å². The first-order valence-electron chi connectivity index (χ1n) is 6.12. The summed E-state index contributed by atoms with van der Waals surface area (Å²) in [5, 5.41) is 11.9. The summed E-state index contributed by atoms with van der Waals surface area (Å²) in [6.45, 7) is 2.63. The largest absolute Gasteiger partial charge is 0.488 e. The maximum absolute atomic E-state index is 8.63. The van der Waals surface area contributed by atoms with E-state index >= 15 is 0 Å². The number of benzene rings is 1. The van der Waals surface area contributed by atoms with Gasteiger partial charge in [0.1, 0.15) is 12.4 Å². The average molecular weight is 311 g/mol. The molecule has 0 spiro atoms. The molecular formula is C14H15ClN2O2S. The smallest absolute Gasteiger partial charge is 0.171 e. The summed E-state index contributed by atoms with van der Waals surface area (Å²) in [5.41, 5.74) is 5.98. The van der Waals surface area contributed by atoms with E-state index in [1.54, 1.807) is 29.5 Å². The number of amidine groups is 1. The minimum Gasteiger partial charge on any atom is -0.488 e. The fourth-order valence-corrected chi connectivity index (χ4v) is 2.83. The molecule has 20 heavy (non-hydrogen) atoms. The van der Waals surface area contributed by atoms with Crippen molar-refractivity contribution in [2.75, 3.05) is 0 Å². The van der Waals surface area contributed by atoms with Crippen LogP contribution in [0.15, 0.2) is 35.5 Å². The van der Waals surface area contributed by atoms with Gasteiger partial charge in [-0.05, 0) is 36.8 Å². The lowest BCUT2D eigenvalue weighted by molar-refractivity contribution is 0.309. The Balaban J connectivity index is 2.05. The van der Waals surface area contributed by atoms with Crippen LogP contribution in [0.1, 0.15) is 22.2 Å². The highest BCUT2D eigenvalue weighted by Crippen LogP contribution is 2.24. The summed E-state index contributed by atoms with van der Waals surface area (Å²) >= 11 is 7.80. The normalized spacial score (nSPS) is 11.6. The van der Waals surface area contributed by atoms with Crippen LogP contribution in [0.25, 0.3) is 0 Å². The van der Waals surface area contributed by atoms with Gasteiger partial charge in [0.15, 0.2) is 5.84 Å². The number of halogens is 1. The highest BCUT2D eigenvalue weighted by atomic mass is 35.5. The molecule has 0 aliphatic heterocycles. The lowest BCUT2D eigenvalue weighted by Gasteiger charge is -2.07. The summed E-state index contributed by atoms with van der Waals surface area (Å²) < 4.78 is 5.68. The molecule has 0 unspecified atom stereocenters. The lowest BCUT2D eigenvalue weighted by atomic mass is 10.2. The van der Waals surface area contributed by atoms with Gasteiger partial charge in [0.2, 0.25) is 0 Å². The zero-order valence-electron chi connectivity index (χ0n) is 11.0. The highest BCUT2D eigenvalue weighted by Gasteiger charge is 2.07. The second-order valence-corrected chi connectivity index (χ2v) is 5.80. The van der Waals surface area contributed by atoms with Crippen molar-refractivity contribution in [1.29, 1.82) is 0 Å². The van der Waals surface area contributed by atoms with E-state index in [2.05, 4.69) is 24.2 Å². The molecule has 2 aromatic rings. The predicted octanol–water partition coefficient (Wildman–Crippen LogP) is 3.64. The maximum atomic E-state index is 8.63. The van der Waals surface area contributed by atoms with Crippen molar-refractivity contribution in [3.8, 4) is 5.75 Å². The lowest BCUT2D eigenvalue weighted by Crippen LogP contribution is -2.13. The van der Waals surface area contributed by atoms with Crippen LogP contribution in [-0.2, 0) is 13.0 Å². The van der Waals surface area contributed by atoms with E-state index in [0.717, 1.165) is 6.42 Å². The van der Waals surface area contributed by atoms with Gasteiger partial charge in [-0.2, -0.15) is 0 Å². The Morgan fingerprint density at radius 1 is 1.35 bits per heavy atom. The summed E-state index contributed by atoms with van der Waals surface area (Å²) in [6, 6.07) is 9.24. The second-order valence-electron chi connectivity index (χ2n) is 4.14. The molecule has 0 bridgehead atoms. The SMILES string of the molecule is CCc1ccc(COc2ccc(/C(N)=N/O)c(Cl)c2)s1. The van der Waals surface area contributed by atoms with E-state index in [0.29, 0.717) is 22.9 Å². The van der Waals surface area contributed by atoms with Gasteiger partial charge in [-0.1, -0.05) is 23.7 Å². The fraction of sp³-hybridized carbons (Fsp3) is 0.214. The molecule has 6 heteroatoms. The molecule has 0 saturated carbocycles. The number of rotatable bonds is 5. The molecule has 0 radical (unpaired) electrons. The predicted molar refractivity (Wildman–Crippen MR) is 82.0 cm³/mol. The van der Waals surface area contributed by atoms with E-state index in [-0.39, 0.29) is 5.84 Å². The maximum Gasteiger partial charge on any atom is 0.171 e. The molecule has 0 amide bonds. The number of oxime groups is 1. The van der Waals surface area contributed by atoms with Crippen LogP contribution < -0.4 is 10.5 Å². The molecule has 4 nitrogen and oxygen atoms in total. The van der Waals surface area contributed by atoms with Gasteiger partial charge >= 0.3 is 0 Å². The molecule has 2 rings (SSSR count). The quantitative estimate of drug-likeness (QED) is 0.383. The number of aryl methyl sites for hydroxylation is 1. The number of nitrogens with two attached hydrogens (primary N) is 1. The Labute approximate surface area is 126 Å². The number of ether oxygens (including phenoxy) is 1. The van der Waals surface area contributed by atoms with Gasteiger partial charge in [0, 0.05) is 15.3 Å². The van der Waals surface area contributed by atoms with Crippen LogP contribution in [0.4, 0.5) is 0 Å². The Bertz CT molecular complexity index is 625. The van der Waals surface area contributed by atoms with Crippen LogP contribution in [0, 0.1) is 0 Å². The van der Waals surface area contributed by atoms with Crippen molar-refractivity contribution in [2.45, 2.75) is 20.0 Å². The number of hydrogen-bond acceptors (Lipinski definition) is 4. The highest BCUT2D eigenvalue weighted by molar-refractivity contribution is 7.11. The molecule has 0 saturated heterocycles. The number of nitrogens with zero attached hydrogens (tertiary/aromatic N) is 1. The summed E-state index contributed by atoms with van der Waals surface area (Å²) in [7, 11) is 0. The minimum absolute atomic E-state index is 0.0209. The molecule has 1 aromatic heterocycles. The van der Waals surface area contributed by atoms with Gasteiger partial charge in [0.05, 0.1) is 5.02 Å². The molecule has 1 heterocycles. The molecule has 0 atom stereocenters. The molecule has 0 aliphatic rings. The van der Waals surface area contributed by atoms with Crippen molar-refractivity contribution in [2.24, 2.45) is 10.9 Å². The summed E-state index contributed by atoms with van der Waals surface area (Å²) in [6.07, 6.45) is 1.03. The summed E-state index contributed by atoms with van der Waals surface area (Å²) in [4.78, 5) is 2.50. The fourth-order valence-electron chi connectivity index (χ4n) is 1.69.